The van der Waals surface area contributed by atoms with E-state index in [0.717, 1.165) is 24.5 Å². The lowest BCUT2D eigenvalue weighted by molar-refractivity contribution is -0.274. The highest BCUT2D eigenvalue weighted by atomic mass is 32.2. The molecule has 1 aliphatic carbocycles. The molecule has 14 heteroatoms. The van der Waals surface area contributed by atoms with Crippen LogP contribution in [0.1, 0.15) is 18.7 Å². The second-order valence-electron chi connectivity index (χ2n) is 10.5. The fraction of sp³-hybridized carbons (Fsp3) is 0.226. The van der Waals surface area contributed by atoms with E-state index < -0.39 is 33.8 Å². The second-order valence-corrected chi connectivity index (χ2v) is 12.5. The van der Waals surface area contributed by atoms with Crippen molar-refractivity contribution in [3.05, 3.63) is 84.4 Å². The number of allylic oxidation sites excluding steroid dienone is 2. The Balaban J connectivity index is 1.65. The van der Waals surface area contributed by atoms with Crippen molar-refractivity contribution in [3.8, 4) is 39.5 Å². The van der Waals surface area contributed by atoms with Crippen LogP contribution in [0.3, 0.4) is 0 Å². The van der Waals surface area contributed by atoms with Crippen LogP contribution in [0.5, 0.6) is 5.75 Å². The summed E-state index contributed by atoms with van der Waals surface area (Å²) in [4.78, 5) is 4.58. The fourth-order valence-corrected chi connectivity index (χ4v) is 5.26. The summed E-state index contributed by atoms with van der Waals surface area (Å²) < 4.78 is 112. The molecule has 3 aromatic carbocycles. The highest BCUT2D eigenvalue weighted by Crippen LogP contribution is 2.43. The number of nitrogens with zero attached hydrogens (tertiary/aromatic N) is 1. The summed E-state index contributed by atoms with van der Waals surface area (Å²) in [7, 11) is -3.54. The van der Waals surface area contributed by atoms with Gasteiger partial charge in [0.25, 0.3) is 0 Å². The van der Waals surface area contributed by atoms with Crippen LogP contribution in [0.15, 0.2) is 87.8 Å². The normalized spacial score (nSPS) is 14.4. The molecule has 2 N–H and O–H groups in total. The van der Waals surface area contributed by atoms with Crippen molar-refractivity contribution in [2.45, 2.75) is 37.2 Å². The summed E-state index contributed by atoms with van der Waals surface area (Å²) in [5.41, 5.74) is 0.962. The van der Waals surface area contributed by atoms with Crippen LogP contribution in [-0.2, 0) is 9.84 Å². The van der Waals surface area contributed by atoms with Gasteiger partial charge in [-0.1, -0.05) is 18.2 Å². The van der Waals surface area contributed by atoms with Crippen LogP contribution < -0.4 is 10.1 Å². The van der Waals surface area contributed by atoms with Crippen molar-refractivity contribution in [1.82, 2.24) is 4.98 Å². The summed E-state index contributed by atoms with van der Waals surface area (Å²) in [6.45, 7) is 1.56. The van der Waals surface area contributed by atoms with E-state index in [9.17, 15) is 34.8 Å². The quantitative estimate of drug-likeness (QED) is 0.139. The maximum Gasteiger partial charge on any atom is 0.573 e. The van der Waals surface area contributed by atoms with Gasteiger partial charge in [-0.3, -0.25) is 5.41 Å². The number of benzene rings is 3. The topological polar surface area (TPSA) is 105 Å². The summed E-state index contributed by atoms with van der Waals surface area (Å²) in [5.74, 6) is -0.323. The van der Waals surface area contributed by atoms with E-state index in [1.807, 2.05) is 0 Å². The van der Waals surface area contributed by atoms with E-state index in [1.165, 1.54) is 24.3 Å². The predicted octanol–water partition coefficient (Wildman–Crippen LogP) is 8.57. The Bertz CT molecular complexity index is 1890. The average molecular weight is 650 g/mol. The number of halogens is 6. The highest BCUT2D eigenvalue weighted by molar-refractivity contribution is 7.90. The first-order chi connectivity index (χ1) is 21.0. The number of oxazole rings is 1. The van der Waals surface area contributed by atoms with Gasteiger partial charge >= 0.3 is 12.5 Å². The zero-order chi connectivity index (χ0) is 32.7. The number of nitrogens with one attached hydrogen (secondary N) is 2. The maximum absolute atomic E-state index is 13.3. The molecule has 0 radical (unpaired) electrons. The minimum absolute atomic E-state index is 0.0764. The Morgan fingerprint density at radius 3 is 2.22 bits per heavy atom. The molecule has 0 saturated heterocycles. The van der Waals surface area contributed by atoms with Gasteiger partial charge in [0.1, 0.15) is 17.2 Å². The number of sulfone groups is 1. The van der Waals surface area contributed by atoms with Gasteiger partial charge < -0.3 is 14.5 Å². The highest BCUT2D eigenvalue weighted by Gasteiger charge is 2.36. The Morgan fingerprint density at radius 2 is 1.62 bits per heavy atom. The zero-order valence-electron chi connectivity index (χ0n) is 23.7. The Morgan fingerprint density at radius 1 is 0.978 bits per heavy atom. The number of ether oxygens (including phenoxy) is 1. The van der Waals surface area contributed by atoms with E-state index in [1.54, 1.807) is 37.3 Å². The summed E-state index contributed by atoms with van der Waals surface area (Å²) in [6.07, 6.45) is -6.67. The van der Waals surface area contributed by atoms with Crippen molar-refractivity contribution in [1.29, 1.82) is 5.41 Å². The molecule has 4 aromatic rings. The molecule has 1 fully saturated rings. The molecular weight excluding hydrogens is 624 g/mol. The van der Waals surface area contributed by atoms with Crippen molar-refractivity contribution < 1.29 is 43.9 Å². The Hall–Kier alpha value is -4.59. The van der Waals surface area contributed by atoms with E-state index in [0.29, 0.717) is 40.8 Å². The maximum atomic E-state index is 13.3. The van der Waals surface area contributed by atoms with Crippen molar-refractivity contribution >= 4 is 21.2 Å². The lowest BCUT2D eigenvalue weighted by atomic mass is 9.97. The number of alkyl halides is 6. The van der Waals surface area contributed by atoms with Crippen LogP contribution in [0, 0.1) is 18.3 Å². The first kappa shape index (κ1) is 31.8. The molecular formula is C31H25F6N3O4S. The Labute approximate surface area is 254 Å². The first-order valence-corrected chi connectivity index (χ1v) is 15.3. The first-order valence-electron chi connectivity index (χ1n) is 13.4. The third-order valence-corrected chi connectivity index (χ3v) is 7.97. The molecule has 7 nitrogen and oxygen atoms in total. The van der Waals surface area contributed by atoms with Gasteiger partial charge in [-0.05, 0) is 84.5 Å². The van der Waals surface area contributed by atoms with Crippen LogP contribution in [0.2, 0.25) is 0 Å². The van der Waals surface area contributed by atoms with Gasteiger partial charge in [0.05, 0.1) is 4.90 Å². The number of aryl methyl sites for hydroxylation is 1. The minimum Gasteiger partial charge on any atom is -0.440 e. The molecule has 0 spiro atoms. The van der Waals surface area contributed by atoms with Crippen LogP contribution in [0.25, 0.3) is 33.7 Å². The standard InChI is InChI=1S/C31H25F6N3O4S/c1-17-39-28(29(43-17)19-8-11-22(12-9-19)44-31(35,36)37)24-15-21(20-4-3-5-23(14-20)45(2,41)42)10-13-25(24)40-26(18-6-7-18)16-27(38)30(32,33)34/h3-5,8-16,18,38,40H,6-7H2,1-2H3/b26-16-,38-27?. The van der Waals surface area contributed by atoms with Crippen molar-refractivity contribution in [2.24, 2.45) is 5.92 Å². The summed E-state index contributed by atoms with van der Waals surface area (Å²) in [6, 6.07) is 16.0. The number of hydrogen-bond acceptors (Lipinski definition) is 7. The smallest absolute Gasteiger partial charge is 0.440 e. The fourth-order valence-electron chi connectivity index (χ4n) is 4.59. The molecule has 1 aliphatic rings. The predicted molar refractivity (Wildman–Crippen MR) is 156 cm³/mol. The van der Waals surface area contributed by atoms with E-state index in [-0.39, 0.29) is 33.9 Å². The van der Waals surface area contributed by atoms with Crippen molar-refractivity contribution in [2.75, 3.05) is 11.6 Å². The van der Waals surface area contributed by atoms with Crippen LogP contribution in [0.4, 0.5) is 32.0 Å². The molecule has 236 valence electrons. The third-order valence-electron chi connectivity index (χ3n) is 6.86. The number of aromatic nitrogens is 1. The molecule has 1 aromatic heterocycles. The number of rotatable bonds is 9. The van der Waals surface area contributed by atoms with Gasteiger partial charge in [0, 0.05) is 35.7 Å². The molecule has 0 amide bonds. The lowest BCUT2D eigenvalue weighted by Crippen LogP contribution is -2.21. The Kier molecular flexibility index (Phi) is 8.29. The van der Waals surface area contributed by atoms with Crippen molar-refractivity contribution in [3.63, 3.8) is 0 Å². The molecule has 5 rings (SSSR count). The summed E-state index contributed by atoms with van der Waals surface area (Å²) in [5, 5.41) is 10.6. The molecule has 0 atom stereocenters. The van der Waals surface area contributed by atoms with E-state index in [4.69, 9.17) is 9.83 Å². The molecule has 45 heavy (non-hydrogen) atoms. The number of hydrogen-bond donors (Lipinski definition) is 2. The van der Waals surface area contributed by atoms with Gasteiger partial charge in [-0.25, -0.2) is 13.4 Å². The minimum atomic E-state index is -4.89. The monoisotopic (exact) mass is 649 g/mol. The molecule has 0 unspecified atom stereocenters. The van der Waals surface area contributed by atoms with Gasteiger partial charge in [-0.15, -0.1) is 13.2 Å². The van der Waals surface area contributed by atoms with Gasteiger partial charge in [0.2, 0.25) is 0 Å². The second kappa shape index (κ2) is 11.7. The molecule has 1 saturated carbocycles. The lowest BCUT2D eigenvalue weighted by Gasteiger charge is -2.17. The SMILES string of the molecule is Cc1nc(-c2cc(-c3cccc(S(C)(=O)=O)c3)ccc2N/C(=C\C(=N)C(F)(F)F)C2CC2)c(-c2ccc(OC(F)(F)F)cc2)o1. The average Bonchev–Trinajstić information content (AvgIpc) is 3.72. The van der Waals surface area contributed by atoms with Crippen LogP contribution >= 0.6 is 0 Å². The third kappa shape index (κ3) is 7.74. The van der Waals surface area contributed by atoms with Gasteiger partial charge in [0.15, 0.2) is 21.5 Å². The molecule has 0 bridgehead atoms. The molecule has 0 aliphatic heterocycles. The number of anilines is 1. The van der Waals surface area contributed by atoms with Gasteiger partial charge in [-0.2, -0.15) is 13.2 Å². The summed E-state index contributed by atoms with van der Waals surface area (Å²) >= 11 is 0. The van der Waals surface area contributed by atoms with E-state index >= 15 is 0 Å². The van der Waals surface area contributed by atoms with Crippen LogP contribution in [-0.4, -0.2) is 37.9 Å². The largest absolute Gasteiger partial charge is 0.573 e. The zero-order valence-corrected chi connectivity index (χ0v) is 24.5. The van der Waals surface area contributed by atoms with E-state index in [2.05, 4.69) is 15.0 Å². The molecule has 1 heterocycles.